The number of hydrogen-bond acceptors (Lipinski definition) is 6. The summed E-state index contributed by atoms with van der Waals surface area (Å²) in [4.78, 5) is 25.1. The summed E-state index contributed by atoms with van der Waals surface area (Å²) in [5, 5.41) is 0.583. The Morgan fingerprint density at radius 2 is 1.95 bits per heavy atom. The molecule has 8 heteroatoms. The van der Waals surface area contributed by atoms with E-state index in [4.69, 9.17) is 21.9 Å². The standard InChI is InChI=1S/C12H18N4O3S/c1-12(2)5-16(3-4-19-12)11-6(9(14)17)7(13)8(20-11)10(15)18/h3-5,13H2,1-2H3,(H2,14,17)(H2,15,18). The van der Waals surface area contributed by atoms with Crippen LogP contribution >= 0.6 is 11.3 Å². The van der Waals surface area contributed by atoms with Crippen LogP contribution in [0.25, 0.3) is 0 Å². The highest BCUT2D eigenvalue weighted by molar-refractivity contribution is 7.19. The Morgan fingerprint density at radius 1 is 1.30 bits per heavy atom. The molecular formula is C12H18N4O3S. The van der Waals surface area contributed by atoms with E-state index >= 15 is 0 Å². The third-order valence-corrected chi connectivity index (χ3v) is 4.39. The fourth-order valence-electron chi connectivity index (χ4n) is 2.27. The number of nitrogens with zero attached hydrogens (tertiary/aromatic N) is 1. The molecule has 0 radical (unpaired) electrons. The molecule has 0 saturated carbocycles. The number of nitrogens with two attached hydrogens (primary N) is 3. The van der Waals surface area contributed by atoms with Crippen molar-refractivity contribution in [2.75, 3.05) is 30.3 Å². The summed E-state index contributed by atoms with van der Waals surface area (Å²) >= 11 is 1.10. The topological polar surface area (TPSA) is 125 Å². The molecule has 1 fully saturated rings. The summed E-state index contributed by atoms with van der Waals surface area (Å²) in [7, 11) is 0. The molecule has 1 saturated heterocycles. The van der Waals surface area contributed by atoms with Crippen LogP contribution in [-0.2, 0) is 4.74 Å². The third-order valence-electron chi connectivity index (χ3n) is 3.11. The highest BCUT2D eigenvalue weighted by Crippen LogP contribution is 2.39. The zero-order valence-corrected chi connectivity index (χ0v) is 12.3. The number of thiophene rings is 1. The van der Waals surface area contributed by atoms with Crippen molar-refractivity contribution in [2.45, 2.75) is 19.4 Å². The Kier molecular flexibility index (Phi) is 3.61. The van der Waals surface area contributed by atoms with Crippen LogP contribution in [0, 0.1) is 0 Å². The maximum atomic E-state index is 11.6. The normalized spacial score (nSPS) is 18.0. The first-order valence-corrected chi connectivity index (χ1v) is 6.95. The lowest BCUT2D eigenvalue weighted by atomic mass is 10.1. The van der Waals surface area contributed by atoms with Gasteiger partial charge in [0.2, 0.25) is 0 Å². The molecule has 0 aromatic carbocycles. The van der Waals surface area contributed by atoms with Crippen LogP contribution in [0.3, 0.4) is 0 Å². The minimum absolute atomic E-state index is 0.0642. The lowest BCUT2D eigenvalue weighted by molar-refractivity contribution is -0.0275. The molecule has 0 spiro atoms. The molecule has 6 N–H and O–H groups in total. The Morgan fingerprint density at radius 3 is 2.45 bits per heavy atom. The van der Waals surface area contributed by atoms with Gasteiger partial charge < -0.3 is 26.8 Å². The molecule has 20 heavy (non-hydrogen) atoms. The van der Waals surface area contributed by atoms with Crippen molar-refractivity contribution in [1.29, 1.82) is 0 Å². The quantitative estimate of drug-likeness (QED) is 0.732. The molecule has 0 bridgehead atoms. The summed E-state index contributed by atoms with van der Waals surface area (Å²) in [5.74, 6) is -1.32. The number of anilines is 2. The van der Waals surface area contributed by atoms with Gasteiger partial charge in [0.1, 0.15) is 9.88 Å². The Bertz CT molecular complexity index is 567. The van der Waals surface area contributed by atoms with Gasteiger partial charge >= 0.3 is 0 Å². The first-order valence-electron chi connectivity index (χ1n) is 6.13. The summed E-state index contributed by atoms with van der Waals surface area (Å²) < 4.78 is 5.63. The lowest BCUT2D eigenvalue weighted by Crippen LogP contribution is -2.48. The third kappa shape index (κ3) is 2.56. The van der Waals surface area contributed by atoms with Gasteiger partial charge in [-0.2, -0.15) is 0 Å². The molecular weight excluding hydrogens is 280 g/mol. The molecule has 2 heterocycles. The van der Waals surface area contributed by atoms with Crippen LogP contribution in [-0.4, -0.2) is 37.1 Å². The molecule has 0 atom stereocenters. The monoisotopic (exact) mass is 298 g/mol. The van der Waals surface area contributed by atoms with Crippen molar-refractivity contribution in [3.05, 3.63) is 10.4 Å². The van der Waals surface area contributed by atoms with Gasteiger partial charge in [0.15, 0.2) is 0 Å². The summed E-state index contributed by atoms with van der Waals surface area (Å²) in [5.41, 5.74) is 16.4. The number of carbonyl (C=O) groups excluding carboxylic acids is 2. The largest absolute Gasteiger partial charge is 0.397 e. The number of nitrogen functional groups attached to an aromatic ring is 1. The number of ether oxygens (including phenoxy) is 1. The average Bonchev–Trinajstić information content (AvgIpc) is 2.65. The number of morpholine rings is 1. The molecule has 1 aliphatic rings. The van der Waals surface area contributed by atoms with Crippen LogP contribution in [0.15, 0.2) is 0 Å². The van der Waals surface area contributed by atoms with Crippen molar-refractivity contribution in [1.82, 2.24) is 0 Å². The van der Waals surface area contributed by atoms with Crippen molar-refractivity contribution in [3.63, 3.8) is 0 Å². The van der Waals surface area contributed by atoms with Gasteiger partial charge in [0.25, 0.3) is 11.8 Å². The second-order valence-corrected chi connectivity index (χ2v) is 6.28. The maximum Gasteiger partial charge on any atom is 0.260 e. The van der Waals surface area contributed by atoms with E-state index in [1.165, 1.54) is 0 Å². The summed E-state index contributed by atoms with van der Waals surface area (Å²) in [6.07, 6.45) is 0. The van der Waals surface area contributed by atoms with E-state index in [9.17, 15) is 9.59 Å². The second-order valence-electron chi connectivity index (χ2n) is 5.28. The van der Waals surface area contributed by atoms with Crippen molar-refractivity contribution < 1.29 is 14.3 Å². The van der Waals surface area contributed by atoms with E-state index in [-0.39, 0.29) is 21.7 Å². The highest BCUT2D eigenvalue weighted by atomic mass is 32.1. The number of rotatable bonds is 3. The second kappa shape index (κ2) is 4.95. The van der Waals surface area contributed by atoms with Gasteiger partial charge in [-0.3, -0.25) is 9.59 Å². The number of hydrogen-bond donors (Lipinski definition) is 3. The molecule has 2 amide bonds. The van der Waals surface area contributed by atoms with Crippen LogP contribution in [0.4, 0.5) is 10.7 Å². The van der Waals surface area contributed by atoms with Gasteiger partial charge in [0, 0.05) is 13.1 Å². The van der Waals surface area contributed by atoms with Crippen LogP contribution in [0.1, 0.15) is 33.9 Å². The Balaban J connectivity index is 2.48. The van der Waals surface area contributed by atoms with Gasteiger partial charge in [-0.05, 0) is 13.8 Å². The maximum absolute atomic E-state index is 11.6. The average molecular weight is 298 g/mol. The molecule has 1 aromatic heterocycles. The molecule has 110 valence electrons. The fourth-order valence-corrected chi connectivity index (χ4v) is 3.37. The van der Waals surface area contributed by atoms with Crippen molar-refractivity contribution in [3.8, 4) is 0 Å². The summed E-state index contributed by atoms with van der Waals surface area (Å²) in [6.45, 7) is 5.60. The number of amides is 2. The van der Waals surface area contributed by atoms with Gasteiger partial charge in [-0.15, -0.1) is 11.3 Å². The van der Waals surface area contributed by atoms with E-state index in [2.05, 4.69) is 0 Å². The molecule has 2 rings (SSSR count). The number of carbonyl (C=O) groups is 2. The van der Waals surface area contributed by atoms with E-state index in [1.807, 2.05) is 18.7 Å². The van der Waals surface area contributed by atoms with Gasteiger partial charge in [0.05, 0.1) is 23.5 Å². The van der Waals surface area contributed by atoms with Crippen molar-refractivity contribution >= 4 is 33.8 Å². The highest BCUT2D eigenvalue weighted by Gasteiger charge is 2.32. The SMILES string of the molecule is CC1(C)CN(c2sc(C(N)=O)c(N)c2C(N)=O)CCO1. The zero-order chi connectivity index (χ0) is 15.1. The first kappa shape index (κ1) is 14.6. The zero-order valence-electron chi connectivity index (χ0n) is 11.4. The van der Waals surface area contributed by atoms with E-state index in [0.717, 1.165) is 11.3 Å². The molecule has 0 aliphatic carbocycles. The smallest absolute Gasteiger partial charge is 0.260 e. The van der Waals surface area contributed by atoms with Crippen molar-refractivity contribution in [2.24, 2.45) is 11.5 Å². The molecule has 0 unspecified atom stereocenters. The predicted octanol–water partition coefficient (Wildman–Crippen LogP) is 0.143. The summed E-state index contributed by atoms with van der Waals surface area (Å²) in [6, 6.07) is 0. The van der Waals surface area contributed by atoms with Gasteiger partial charge in [-0.1, -0.05) is 0 Å². The fraction of sp³-hybridized carbons (Fsp3) is 0.500. The Labute approximate surface area is 120 Å². The number of primary amides is 2. The van der Waals surface area contributed by atoms with Gasteiger partial charge in [-0.25, -0.2) is 0 Å². The van der Waals surface area contributed by atoms with E-state index < -0.39 is 11.8 Å². The Hall–Kier alpha value is -1.80. The lowest BCUT2D eigenvalue weighted by Gasteiger charge is -2.39. The van der Waals surface area contributed by atoms with E-state index in [1.54, 1.807) is 0 Å². The minimum atomic E-state index is -0.662. The molecule has 7 nitrogen and oxygen atoms in total. The molecule has 1 aromatic rings. The van der Waals surface area contributed by atoms with Crippen LogP contribution < -0.4 is 22.1 Å². The van der Waals surface area contributed by atoms with Crippen LogP contribution in [0.2, 0.25) is 0 Å². The first-order chi connectivity index (χ1) is 9.23. The molecule has 1 aliphatic heterocycles. The minimum Gasteiger partial charge on any atom is -0.397 e. The van der Waals surface area contributed by atoms with Crippen LogP contribution in [0.5, 0.6) is 0 Å². The predicted molar refractivity (Wildman–Crippen MR) is 78.0 cm³/mol. The van der Waals surface area contributed by atoms with E-state index in [0.29, 0.717) is 24.7 Å².